The quantitative estimate of drug-likeness (QED) is 0.663. The van der Waals surface area contributed by atoms with Crippen LogP contribution in [0.3, 0.4) is 0 Å². The van der Waals surface area contributed by atoms with Crippen LogP contribution in [-0.2, 0) is 9.16 Å². The molecule has 1 unspecified atom stereocenters. The topological polar surface area (TPSA) is 42.0 Å². The number of carbonyl (C=O) groups is 1. The summed E-state index contributed by atoms with van der Waals surface area (Å²) in [5.74, 6) is 0.519. The van der Waals surface area contributed by atoms with E-state index in [1.807, 2.05) is 25.7 Å². The summed E-state index contributed by atoms with van der Waals surface area (Å²) in [5, 5.41) is 0.175. The summed E-state index contributed by atoms with van der Waals surface area (Å²) < 4.78 is 12.4. The molecule has 0 bridgehead atoms. The van der Waals surface area contributed by atoms with Gasteiger partial charge in [-0.25, -0.2) is 4.79 Å². The van der Waals surface area contributed by atoms with Crippen LogP contribution >= 0.6 is 0 Å². The van der Waals surface area contributed by atoms with Crippen LogP contribution in [0.25, 0.3) is 0 Å². The van der Waals surface area contributed by atoms with Gasteiger partial charge >= 0.3 is 6.09 Å². The van der Waals surface area contributed by atoms with E-state index in [2.05, 4.69) is 45.7 Å². The average molecular weight is 413 g/mol. The molecule has 2 heterocycles. The molecular formula is C21H45BN2O3Si. The van der Waals surface area contributed by atoms with Crippen molar-refractivity contribution in [1.29, 1.82) is 0 Å². The molecule has 0 aromatic heterocycles. The maximum Gasteiger partial charge on any atom is 0.410 e. The second-order valence-electron chi connectivity index (χ2n) is 10.9. The predicted octanol–water partition coefficient (Wildman–Crippen LogP) is 3.54. The van der Waals surface area contributed by atoms with Gasteiger partial charge in [-0.05, 0) is 70.8 Å². The van der Waals surface area contributed by atoms with E-state index in [4.69, 9.17) is 9.16 Å². The van der Waals surface area contributed by atoms with Crippen LogP contribution in [0.4, 0.5) is 4.79 Å². The Morgan fingerprint density at radius 3 is 2.18 bits per heavy atom. The van der Waals surface area contributed by atoms with Crippen molar-refractivity contribution in [3.8, 4) is 0 Å². The maximum atomic E-state index is 12.9. The van der Waals surface area contributed by atoms with Crippen molar-refractivity contribution < 1.29 is 14.0 Å². The Balaban J connectivity index is 0.00000392. The SMILES string of the molecule is B.CCN1CCC([C@@H]2C[C@@H](O[Si](C)(C)C(C)(C)C)CN2C(=O)OC(C)(C)C)C1. The molecule has 2 aliphatic heterocycles. The molecule has 2 rings (SSSR count). The van der Waals surface area contributed by atoms with Crippen LogP contribution in [0.15, 0.2) is 0 Å². The highest BCUT2D eigenvalue weighted by molar-refractivity contribution is 6.74. The Bertz CT molecular complexity index is 531. The molecular weight excluding hydrogens is 367 g/mol. The Morgan fingerprint density at radius 1 is 1.11 bits per heavy atom. The summed E-state index contributed by atoms with van der Waals surface area (Å²) in [5.41, 5.74) is -0.467. The third-order valence-electron chi connectivity index (χ3n) is 6.50. The Hall–Kier alpha value is -0.528. The van der Waals surface area contributed by atoms with Crippen molar-refractivity contribution in [2.45, 2.75) is 97.2 Å². The normalized spacial score (nSPS) is 27.0. The van der Waals surface area contributed by atoms with Crippen molar-refractivity contribution in [2.75, 3.05) is 26.2 Å². The molecule has 0 spiro atoms. The minimum atomic E-state index is -1.86. The van der Waals surface area contributed by atoms with Crippen molar-refractivity contribution in [1.82, 2.24) is 9.80 Å². The van der Waals surface area contributed by atoms with E-state index < -0.39 is 13.9 Å². The van der Waals surface area contributed by atoms with Gasteiger partial charge in [-0.15, -0.1) is 0 Å². The first-order valence-corrected chi connectivity index (χ1v) is 13.5. The fourth-order valence-corrected chi connectivity index (χ4v) is 5.30. The Morgan fingerprint density at radius 2 is 1.71 bits per heavy atom. The first-order valence-electron chi connectivity index (χ1n) is 10.6. The summed E-state index contributed by atoms with van der Waals surface area (Å²) in [7, 11) is -1.86. The maximum absolute atomic E-state index is 12.9. The van der Waals surface area contributed by atoms with E-state index in [1.54, 1.807) is 0 Å². The zero-order valence-electron chi connectivity index (χ0n) is 19.1. The summed E-state index contributed by atoms with van der Waals surface area (Å²) in [6, 6.07) is 0.228. The number of likely N-dealkylation sites (tertiary alicyclic amines) is 2. The van der Waals surface area contributed by atoms with Crippen molar-refractivity contribution >= 4 is 22.8 Å². The van der Waals surface area contributed by atoms with Crippen molar-refractivity contribution in [3.63, 3.8) is 0 Å². The van der Waals surface area contributed by atoms with Gasteiger partial charge in [-0.2, -0.15) is 0 Å². The molecule has 164 valence electrons. The highest BCUT2D eigenvalue weighted by Gasteiger charge is 2.47. The average Bonchev–Trinajstić information content (AvgIpc) is 3.09. The lowest BCUT2D eigenvalue weighted by Gasteiger charge is -2.38. The summed E-state index contributed by atoms with van der Waals surface area (Å²) in [6.45, 7) is 23.4. The number of nitrogens with zero attached hydrogens (tertiary/aromatic N) is 2. The number of rotatable bonds is 4. The zero-order chi connectivity index (χ0) is 20.6. The number of ether oxygens (including phenoxy) is 1. The molecule has 28 heavy (non-hydrogen) atoms. The van der Waals surface area contributed by atoms with E-state index in [1.165, 1.54) is 0 Å². The number of hydrogen-bond donors (Lipinski definition) is 0. The van der Waals surface area contributed by atoms with Crippen molar-refractivity contribution in [3.05, 3.63) is 0 Å². The third kappa shape index (κ3) is 6.23. The molecule has 0 N–H and O–H groups in total. The van der Waals surface area contributed by atoms with Gasteiger partial charge in [-0.1, -0.05) is 27.7 Å². The van der Waals surface area contributed by atoms with Gasteiger partial charge in [0, 0.05) is 19.1 Å². The Kier molecular flexibility index (Phi) is 8.28. The molecule has 0 aromatic rings. The largest absolute Gasteiger partial charge is 0.444 e. The van der Waals surface area contributed by atoms with Crippen LogP contribution < -0.4 is 0 Å². The van der Waals surface area contributed by atoms with Crippen molar-refractivity contribution in [2.24, 2.45) is 5.92 Å². The first-order chi connectivity index (χ1) is 12.2. The van der Waals surface area contributed by atoms with E-state index in [0.717, 1.165) is 32.5 Å². The molecule has 2 saturated heterocycles. The zero-order valence-corrected chi connectivity index (χ0v) is 20.1. The van der Waals surface area contributed by atoms with Crippen LogP contribution in [0.5, 0.6) is 0 Å². The van der Waals surface area contributed by atoms with Crippen LogP contribution in [0.2, 0.25) is 18.1 Å². The first kappa shape index (κ1) is 25.5. The number of hydrogen-bond acceptors (Lipinski definition) is 4. The van der Waals surface area contributed by atoms with Gasteiger partial charge in [0.25, 0.3) is 0 Å². The van der Waals surface area contributed by atoms with Gasteiger partial charge in [0.15, 0.2) is 8.32 Å². The number of amides is 1. The summed E-state index contributed by atoms with van der Waals surface area (Å²) in [6.07, 6.45) is 2.04. The van der Waals surface area contributed by atoms with Gasteiger partial charge in [0.05, 0.1) is 14.5 Å². The fraction of sp³-hybridized carbons (Fsp3) is 0.952. The van der Waals surface area contributed by atoms with E-state index in [-0.39, 0.29) is 31.7 Å². The highest BCUT2D eigenvalue weighted by Crippen LogP contribution is 2.40. The van der Waals surface area contributed by atoms with Gasteiger partial charge in [0.2, 0.25) is 0 Å². The lowest BCUT2D eigenvalue weighted by atomic mass is 9.96. The molecule has 5 nitrogen and oxygen atoms in total. The molecule has 0 aliphatic carbocycles. The fourth-order valence-electron chi connectivity index (χ4n) is 3.95. The smallest absolute Gasteiger partial charge is 0.410 e. The second-order valence-corrected chi connectivity index (χ2v) is 15.6. The molecule has 0 radical (unpaired) electrons. The standard InChI is InChI=1S/C21H42N2O3Si.BH3/c1-10-22-12-11-16(14-22)18-13-17(26-27(8,9)21(5,6)7)15-23(18)19(24)25-20(2,3)4;/h16-18H,10-15H2,1-9H3;1H3/t16?,17-,18+;/m1./s1. The second kappa shape index (κ2) is 9.09. The number of carbonyl (C=O) groups excluding carboxylic acids is 1. The monoisotopic (exact) mass is 412 g/mol. The van der Waals surface area contributed by atoms with Crippen LogP contribution in [-0.4, -0.2) is 76.5 Å². The van der Waals surface area contributed by atoms with Gasteiger partial charge < -0.3 is 19.0 Å². The highest BCUT2D eigenvalue weighted by atomic mass is 28.4. The van der Waals surface area contributed by atoms with Crippen LogP contribution in [0, 0.1) is 5.92 Å². The molecule has 3 atom stereocenters. The Labute approximate surface area is 176 Å². The molecule has 2 aliphatic rings. The van der Waals surface area contributed by atoms with E-state index >= 15 is 0 Å². The predicted molar refractivity (Wildman–Crippen MR) is 124 cm³/mol. The molecule has 0 aromatic carbocycles. The van der Waals surface area contributed by atoms with Gasteiger partial charge in [-0.3, -0.25) is 0 Å². The van der Waals surface area contributed by atoms with E-state index in [0.29, 0.717) is 12.5 Å². The molecule has 0 saturated carbocycles. The van der Waals surface area contributed by atoms with E-state index in [9.17, 15) is 4.79 Å². The van der Waals surface area contributed by atoms with Gasteiger partial charge in [0.1, 0.15) is 5.60 Å². The summed E-state index contributed by atoms with van der Waals surface area (Å²) in [4.78, 5) is 17.4. The molecule has 7 heteroatoms. The lowest BCUT2D eigenvalue weighted by Crippen LogP contribution is -2.45. The minimum Gasteiger partial charge on any atom is -0.444 e. The molecule has 2 fully saturated rings. The molecule has 1 amide bonds. The van der Waals surface area contributed by atoms with Crippen LogP contribution in [0.1, 0.15) is 61.3 Å². The summed E-state index contributed by atoms with van der Waals surface area (Å²) >= 11 is 0. The lowest BCUT2D eigenvalue weighted by molar-refractivity contribution is 0.0168. The minimum absolute atomic E-state index is 0. The third-order valence-corrected chi connectivity index (χ3v) is 11.0.